The van der Waals surface area contributed by atoms with Crippen molar-refractivity contribution in [3.05, 3.63) is 35.9 Å². The normalized spacial score (nSPS) is 29.0. The highest BCUT2D eigenvalue weighted by molar-refractivity contribution is 6.74. The number of benzene rings is 1. The number of carbonyl (C=O) groups excluding carboxylic acids is 1. The third-order valence-electron chi connectivity index (χ3n) is 11.2. The number of halogens is 3. The van der Waals surface area contributed by atoms with Crippen LogP contribution in [0.2, 0.25) is 18.1 Å². The first-order chi connectivity index (χ1) is 20.1. The Hall–Kier alpha value is -1.93. The van der Waals surface area contributed by atoms with Gasteiger partial charge in [-0.3, -0.25) is 14.6 Å². The number of piperidine rings is 1. The molecule has 1 unspecified atom stereocenters. The van der Waals surface area contributed by atoms with Crippen LogP contribution in [0.4, 0.5) is 13.2 Å². The number of nitriles is 1. The summed E-state index contributed by atoms with van der Waals surface area (Å²) in [6.45, 7) is 14.3. The summed E-state index contributed by atoms with van der Waals surface area (Å²) in [7, 11) is -1.79. The van der Waals surface area contributed by atoms with Crippen LogP contribution in [-0.4, -0.2) is 91.0 Å². The largest absolute Gasteiger partial charge is 0.471 e. The van der Waals surface area contributed by atoms with E-state index in [0.717, 1.165) is 44.3 Å². The molecule has 2 heterocycles. The molecule has 1 aromatic rings. The minimum Gasteiger partial charge on any atom is -0.414 e. The van der Waals surface area contributed by atoms with E-state index in [0.29, 0.717) is 50.9 Å². The average molecular weight is 619 g/mol. The fourth-order valence-electron chi connectivity index (χ4n) is 7.56. The molecule has 5 rings (SSSR count). The molecule has 1 amide bonds. The standard InChI is InChI=1S/C33H49F3N4O2Si/c1-31(2,3)43(4,5)42-27-13-11-25(12-14-27)38-22-32(23-38,17-18-37)39-19-15-26(16-20-39)40(30(41)33(34,35)36)29-21-28(29)24-9-7-6-8-10-24/h6-10,25-29H,11-17,19-23H2,1-5H3/t25?,27?,28?,29-/m1/s1. The van der Waals surface area contributed by atoms with Crippen LogP contribution in [0.25, 0.3) is 0 Å². The molecule has 4 aliphatic rings. The van der Waals surface area contributed by atoms with Crippen molar-refractivity contribution in [3.63, 3.8) is 0 Å². The van der Waals surface area contributed by atoms with Crippen LogP contribution < -0.4 is 0 Å². The van der Waals surface area contributed by atoms with Gasteiger partial charge in [0.25, 0.3) is 0 Å². The van der Waals surface area contributed by atoms with Gasteiger partial charge in [-0.05, 0) is 68.6 Å². The van der Waals surface area contributed by atoms with Crippen molar-refractivity contribution < 1.29 is 22.4 Å². The van der Waals surface area contributed by atoms with E-state index in [2.05, 4.69) is 49.7 Å². The lowest BCUT2D eigenvalue weighted by molar-refractivity contribution is -0.190. The average Bonchev–Trinajstić information content (AvgIpc) is 3.71. The number of nitrogens with zero attached hydrogens (tertiary/aromatic N) is 4. The number of rotatable bonds is 8. The second-order valence-electron chi connectivity index (χ2n) is 15.0. The summed E-state index contributed by atoms with van der Waals surface area (Å²) in [5, 5.41) is 9.94. The van der Waals surface area contributed by atoms with E-state index in [1.807, 2.05) is 30.3 Å². The quantitative estimate of drug-likeness (QED) is 0.304. The van der Waals surface area contributed by atoms with Gasteiger partial charge >= 0.3 is 12.1 Å². The first-order valence-corrected chi connectivity index (χ1v) is 19.0. The van der Waals surface area contributed by atoms with Crippen molar-refractivity contribution in [3.8, 4) is 6.07 Å². The summed E-state index contributed by atoms with van der Waals surface area (Å²) in [6, 6.07) is 11.6. The van der Waals surface area contributed by atoms with Gasteiger partial charge in [0.05, 0.1) is 18.0 Å². The molecule has 0 radical (unpaired) electrons. The second-order valence-corrected chi connectivity index (χ2v) is 19.8. The maximum atomic E-state index is 13.7. The van der Waals surface area contributed by atoms with Gasteiger partial charge in [-0.1, -0.05) is 51.1 Å². The first kappa shape index (κ1) is 32.5. The van der Waals surface area contributed by atoms with E-state index in [9.17, 15) is 23.2 Å². The van der Waals surface area contributed by atoms with Crippen molar-refractivity contribution >= 4 is 14.2 Å². The maximum absolute atomic E-state index is 13.7. The fraction of sp³-hybridized carbons (Fsp3) is 0.758. The lowest BCUT2D eigenvalue weighted by Gasteiger charge is -2.59. The third kappa shape index (κ3) is 6.85. The van der Waals surface area contributed by atoms with Gasteiger partial charge in [-0.25, -0.2) is 0 Å². The van der Waals surface area contributed by atoms with Crippen molar-refractivity contribution in [2.24, 2.45) is 0 Å². The number of alkyl halides is 3. The van der Waals surface area contributed by atoms with Crippen LogP contribution in [0.1, 0.15) is 83.6 Å². The highest BCUT2D eigenvalue weighted by Crippen LogP contribution is 2.48. The van der Waals surface area contributed by atoms with Gasteiger partial charge in [0, 0.05) is 56.3 Å². The molecule has 1 aromatic carbocycles. The molecule has 2 saturated carbocycles. The summed E-state index contributed by atoms with van der Waals surface area (Å²) < 4.78 is 47.9. The van der Waals surface area contributed by atoms with Crippen LogP contribution in [0, 0.1) is 11.3 Å². The number of likely N-dealkylation sites (tertiary alicyclic amines) is 2. The molecule has 10 heteroatoms. The molecular formula is C33H49F3N4O2Si. The zero-order valence-corrected chi connectivity index (χ0v) is 27.5. The molecule has 2 aliphatic heterocycles. The van der Waals surface area contributed by atoms with Gasteiger partial charge in [-0.15, -0.1) is 0 Å². The summed E-state index contributed by atoms with van der Waals surface area (Å²) >= 11 is 0. The van der Waals surface area contributed by atoms with Crippen LogP contribution in [-0.2, 0) is 9.22 Å². The molecule has 2 aliphatic carbocycles. The topological polar surface area (TPSA) is 59.8 Å². The Bertz CT molecular complexity index is 1160. The Labute approximate surface area is 256 Å². The minimum absolute atomic E-state index is 0.0435. The molecule has 0 spiro atoms. The van der Waals surface area contributed by atoms with Gasteiger partial charge in [0.15, 0.2) is 8.32 Å². The molecule has 43 heavy (non-hydrogen) atoms. The third-order valence-corrected chi connectivity index (χ3v) is 15.7. The van der Waals surface area contributed by atoms with Crippen LogP contribution in [0.3, 0.4) is 0 Å². The van der Waals surface area contributed by atoms with E-state index in [1.165, 1.54) is 4.90 Å². The summed E-state index contributed by atoms with van der Waals surface area (Å²) in [5.74, 6) is -1.75. The Balaban J connectivity index is 1.17. The second kappa shape index (κ2) is 12.1. The van der Waals surface area contributed by atoms with Crippen molar-refractivity contribution in [1.82, 2.24) is 14.7 Å². The van der Waals surface area contributed by atoms with Crippen LogP contribution in [0.15, 0.2) is 30.3 Å². The molecule has 2 saturated heterocycles. The molecule has 2 atom stereocenters. The monoisotopic (exact) mass is 618 g/mol. The van der Waals surface area contributed by atoms with Crippen molar-refractivity contribution in [2.75, 3.05) is 26.2 Å². The fourth-order valence-corrected chi connectivity index (χ4v) is 8.98. The minimum atomic E-state index is -4.88. The smallest absolute Gasteiger partial charge is 0.414 e. The lowest BCUT2D eigenvalue weighted by atomic mass is 9.79. The number of hydrogen-bond donors (Lipinski definition) is 0. The van der Waals surface area contributed by atoms with Crippen molar-refractivity contribution in [2.45, 2.75) is 132 Å². The Morgan fingerprint density at radius 1 is 1.05 bits per heavy atom. The molecule has 0 bridgehead atoms. The summed E-state index contributed by atoms with van der Waals surface area (Å²) in [6.07, 6.45) is 1.78. The summed E-state index contributed by atoms with van der Waals surface area (Å²) in [5.41, 5.74) is 0.743. The van der Waals surface area contributed by atoms with Crippen LogP contribution >= 0.6 is 0 Å². The Morgan fingerprint density at radius 3 is 2.19 bits per heavy atom. The molecule has 0 aromatic heterocycles. The molecule has 0 N–H and O–H groups in total. The van der Waals surface area contributed by atoms with Crippen LogP contribution in [0.5, 0.6) is 0 Å². The molecular weight excluding hydrogens is 569 g/mol. The number of hydrogen-bond acceptors (Lipinski definition) is 5. The van der Waals surface area contributed by atoms with Gasteiger partial charge < -0.3 is 9.33 Å². The van der Waals surface area contributed by atoms with Gasteiger partial charge in [0.1, 0.15) is 0 Å². The van der Waals surface area contributed by atoms with E-state index in [1.54, 1.807) is 0 Å². The highest BCUT2D eigenvalue weighted by Gasteiger charge is 2.56. The van der Waals surface area contributed by atoms with Gasteiger partial charge in [-0.2, -0.15) is 18.4 Å². The van der Waals surface area contributed by atoms with Crippen molar-refractivity contribution in [1.29, 1.82) is 5.26 Å². The summed E-state index contributed by atoms with van der Waals surface area (Å²) in [4.78, 5) is 18.7. The van der Waals surface area contributed by atoms with E-state index < -0.39 is 32.5 Å². The molecule has 6 nitrogen and oxygen atoms in total. The SMILES string of the molecule is CC(C)(C)[Si](C)(C)OC1CCC(N2CC(CC#N)(N3CCC(N(C(=O)C(F)(F)F)[C@@H]4CC4c4ccccc4)CC3)C2)CC1. The zero-order valence-electron chi connectivity index (χ0n) is 26.5. The van der Waals surface area contributed by atoms with E-state index >= 15 is 0 Å². The van der Waals surface area contributed by atoms with E-state index in [4.69, 9.17) is 4.43 Å². The number of amides is 1. The Morgan fingerprint density at radius 2 is 1.65 bits per heavy atom. The number of carbonyl (C=O) groups is 1. The first-order valence-electron chi connectivity index (χ1n) is 16.1. The Kier molecular flexibility index (Phi) is 9.14. The van der Waals surface area contributed by atoms with E-state index in [-0.39, 0.29) is 16.5 Å². The highest BCUT2D eigenvalue weighted by atomic mass is 28.4. The maximum Gasteiger partial charge on any atom is 0.471 e. The molecule has 238 valence electrons. The molecule has 4 fully saturated rings. The predicted molar refractivity (Wildman–Crippen MR) is 164 cm³/mol. The van der Waals surface area contributed by atoms with Gasteiger partial charge in [0.2, 0.25) is 0 Å². The zero-order chi connectivity index (χ0) is 31.2. The predicted octanol–water partition coefficient (Wildman–Crippen LogP) is 6.70. The lowest BCUT2D eigenvalue weighted by Crippen LogP contribution is -2.73.